The number of carbonyl (C=O) groups is 2. The summed E-state index contributed by atoms with van der Waals surface area (Å²) in [6.07, 6.45) is 0.869. The fourth-order valence-electron chi connectivity index (χ4n) is 2.50. The van der Waals surface area contributed by atoms with E-state index in [0.29, 0.717) is 12.1 Å². The Morgan fingerprint density at radius 1 is 1.24 bits per heavy atom. The predicted molar refractivity (Wildman–Crippen MR) is 83.5 cm³/mol. The summed E-state index contributed by atoms with van der Waals surface area (Å²) < 4.78 is 0. The Bertz CT molecular complexity index is 680. The first-order valence-corrected chi connectivity index (χ1v) is 7.78. The average molecular weight is 300 g/mol. The zero-order chi connectivity index (χ0) is 14.8. The molecule has 1 aliphatic heterocycles. The monoisotopic (exact) mass is 300 g/mol. The number of hydrogen-bond acceptors (Lipinski definition) is 3. The molecule has 2 aromatic rings. The van der Waals surface area contributed by atoms with Crippen LogP contribution < -0.4 is 5.32 Å². The van der Waals surface area contributed by atoms with Gasteiger partial charge >= 0.3 is 0 Å². The van der Waals surface area contributed by atoms with E-state index in [-0.39, 0.29) is 11.8 Å². The maximum absolute atomic E-state index is 12.0. The number of thiophene rings is 1. The number of anilines is 1. The first-order valence-electron chi connectivity index (χ1n) is 6.84. The zero-order valence-corrected chi connectivity index (χ0v) is 12.6. The first kappa shape index (κ1) is 13.8. The molecule has 108 valence electrons. The van der Waals surface area contributed by atoms with Gasteiger partial charge in [0.25, 0.3) is 5.91 Å². The number of rotatable bonds is 2. The summed E-state index contributed by atoms with van der Waals surface area (Å²) in [5.74, 6) is -0.0104. The van der Waals surface area contributed by atoms with Gasteiger partial charge in [-0.1, -0.05) is 6.07 Å². The molecule has 0 bridgehead atoms. The highest BCUT2D eigenvalue weighted by Crippen LogP contribution is 2.23. The Hall–Kier alpha value is -2.14. The van der Waals surface area contributed by atoms with Crippen LogP contribution in [0.3, 0.4) is 0 Å². The van der Waals surface area contributed by atoms with E-state index in [1.54, 1.807) is 13.0 Å². The Kier molecular flexibility index (Phi) is 3.75. The second kappa shape index (κ2) is 5.69. The van der Waals surface area contributed by atoms with E-state index in [9.17, 15) is 9.59 Å². The van der Waals surface area contributed by atoms with E-state index in [1.807, 2.05) is 33.9 Å². The van der Waals surface area contributed by atoms with Crippen LogP contribution in [0, 0.1) is 0 Å². The number of nitrogens with one attached hydrogen (secondary N) is 1. The van der Waals surface area contributed by atoms with Gasteiger partial charge in [-0.3, -0.25) is 9.59 Å². The quantitative estimate of drug-likeness (QED) is 0.927. The summed E-state index contributed by atoms with van der Waals surface area (Å²) in [4.78, 5) is 25.4. The number of amides is 2. The van der Waals surface area contributed by atoms with Gasteiger partial charge in [-0.15, -0.1) is 0 Å². The van der Waals surface area contributed by atoms with Crippen molar-refractivity contribution < 1.29 is 9.59 Å². The molecule has 4 nitrogen and oxygen atoms in total. The molecular weight excluding hydrogens is 284 g/mol. The normalized spacial score (nSPS) is 13.7. The van der Waals surface area contributed by atoms with Gasteiger partial charge in [0.05, 0.1) is 5.56 Å². The van der Waals surface area contributed by atoms with Crippen LogP contribution in [0.4, 0.5) is 5.69 Å². The van der Waals surface area contributed by atoms with Crippen molar-refractivity contribution in [3.05, 3.63) is 51.7 Å². The molecule has 0 saturated heterocycles. The van der Waals surface area contributed by atoms with Crippen molar-refractivity contribution >= 4 is 28.8 Å². The van der Waals surface area contributed by atoms with Crippen LogP contribution in [0.15, 0.2) is 35.0 Å². The number of carbonyl (C=O) groups excluding carboxylic acids is 2. The van der Waals surface area contributed by atoms with Crippen LogP contribution in [-0.4, -0.2) is 23.3 Å². The molecule has 0 aliphatic carbocycles. The molecule has 5 heteroatoms. The molecule has 0 spiro atoms. The van der Waals surface area contributed by atoms with E-state index in [0.717, 1.165) is 24.2 Å². The summed E-state index contributed by atoms with van der Waals surface area (Å²) in [5.41, 5.74) is 3.80. The highest BCUT2D eigenvalue weighted by molar-refractivity contribution is 7.08. The molecule has 1 aromatic carbocycles. The van der Waals surface area contributed by atoms with Gasteiger partial charge in [0.2, 0.25) is 5.91 Å². The molecule has 0 fully saturated rings. The largest absolute Gasteiger partial charge is 0.338 e. The van der Waals surface area contributed by atoms with Crippen molar-refractivity contribution in [2.24, 2.45) is 0 Å². The second-order valence-electron chi connectivity index (χ2n) is 5.14. The topological polar surface area (TPSA) is 49.4 Å². The van der Waals surface area contributed by atoms with Gasteiger partial charge in [0.15, 0.2) is 0 Å². The summed E-state index contributed by atoms with van der Waals surface area (Å²) in [6, 6.07) is 7.73. The number of benzene rings is 1. The Balaban J connectivity index is 1.78. The Labute approximate surface area is 127 Å². The number of fused-ring (bicyclic) bond motifs is 1. The van der Waals surface area contributed by atoms with E-state index in [2.05, 4.69) is 5.32 Å². The van der Waals surface area contributed by atoms with Gasteiger partial charge in [-0.25, -0.2) is 0 Å². The van der Waals surface area contributed by atoms with E-state index < -0.39 is 0 Å². The molecule has 21 heavy (non-hydrogen) atoms. The van der Waals surface area contributed by atoms with Crippen LogP contribution in [0.1, 0.15) is 28.4 Å². The minimum absolute atomic E-state index is 0.0911. The lowest BCUT2D eigenvalue weighted by Crippen LogP contribution is -2.34. The SMILES string of the molecule is CC(=O)N1CCc2ccc(NC(=O)c3ccsc3)cc2C1. The van der Waals surface area contributed by atoms with Crippen molar-refractivity contribution in [3.8, 4) is 0 Å². The molecule has 2 heterocycles. The summed E-state index contributed by atoms with van der Waals surface area (Å²) >= 11 is 1.50. The molecule has 0 atom stereocenters. The first-order chi connectivity index (χ1) is 10.1. The van der Waals surface area contributed by atoms with Crippen molar-refractivity contribution in [2.75, 3.05) is 11.9 Å². The molecular formula is C16H16N2O2S. The van der Waals surface area contributed by atoms with Crippen molar-refractivity contribution in [1.82, 2.24) is 4.90 Å². The van der Waals surface area contributed by atoms with Crippen LogP contribution >= 0.6 is 11.3 Å². The van der Waals surface area contributed by atoms with E-state index in [4.69, 9.17) is 0 Å². The van der Waals surface area contributed by atoms with Crippen LogP contribution in [0.25, 0.3) is 0 Å². The molecule has 3 rings (SSSR count). The second-order valence-corrected chi connectivity index (χ2v) is 5.92. The average Bonchev–Trinajstić information content (AvgIpc) is 3.00. The van der Waals surface area contributed by atoms with Gasteiger partial charge in [-0.2, -0.15) is 11.3 Å². The van der Waals surface area contributed by atoms with Crippen molar-refractivity contribution in [2.45, 2.75) is 19.9 Å². The van der Waals surface area contributed by atoms with Crippen LogP contribution in [0.5, 0.6) is 0 Å². The summed E-state index contributed by atoms with van der Waals surface area (Å²) in [7, 11) is 0. The summed E-state index contributed by atoms with van der Waals surface area (Å²) in [5, 5.41) is 6.61. The van der Waals surface area contributed by atoms with E-state index >= 15 is 0 Å². The highest BCUT2D eigenvalue weighted by atomic mass is 32.1. The third-order valence-electron chi connectivity index (χ3n) is 3.71. The smallest absolute Gasteiger partial charge is 0.256 e. The van der Waals surface area contributed by atoms with Gasteiger partial charge in [-0.05, 0) is 41.1 Å². The van der Waals surface area contributed by atoms with Gasteiger partial charge in [0, 0.05) is 31.1 Å². The van der Waals surface area contributed by atoms with Crippen LogP contribution in [-0.2, 0) is 17.8 Å². The highest BCUT2D eigenvalue weighted by Gasteiger charge is 2.18. The number of nitrogens with zero attached hydrogens (tertiary/aromatic N) is 1. The maximum Gasteiger partial charge on any atom is 0.256 e. The minimum atomic E-state index is -0.101. The predicted octanol–water partition coefficient (Wildman–Crippen LogP) is 2.91. The van der Waals surface area contributed by atoms with Gasteiger partial charge < -0.3 is 10.2 Å². The zero-order valence-electron chi connectivity index (χ0n) is 11.8. The fraction of sp³-hybridized carbons (Fsp3) is 0.250. The molecule has 2 amide bonds. The molecule has 0 radical (unpaired) electrons. The minimum Gasteiger partial charge on any atom is -0.338 e. The lowest BCUT2D eigenvalue weighted by molar-refractivity contribution is -0.129. The van der Waals surface area contributed by atoms with Gasteiger partial charge in [0.1, 0.15) is 0 Å². The summed E-state index contributed by atoms with van der Waals surface area (Å²) in [6.45, 7) is 2.98. The lowest BCUT2D eigenvalue weighted by atomic mass is 9.99. The third kappa shape index (κ3) is 2.97. The standard InChI is InChI=1S/C16H16N2O2S/c1-11(19)18-6-4-12-2-3-15(8-14(12)9-18)17-16(20)13-5-7-21-10-13/h2-3,5,7-8,10H,4,6,9H2,1H3,(H,17,20). The van der Waals surface area contributed by atoms with E-state index in [1.165, 1.54) is 16.9 Å². The molecule has 0 saturated carbocycles. The van der Waals surface area contributed by atoms with Crippen molar-refractivity contribution in [3.63, 3.8) is 0 Å². The fourth-order valence-corrected chi connectivity index (χ4v) is 3.14. The Morgan fingerprint density at radius 3 is 2.81 bits per heavy atom. The molecule has 1 aliphatic rings. The van der Waals surface area contributed by atoms with Crippen LogP contribution in [0.2, 0.25) is 0 Å². The molecule has 1 N–H and O–H groups in total. The number of hydrogen-bond donors (Lipinski definition) is 1. The lowest BCUT2D eigenvalue weighted by Gasteiger charge is -2.28. The van der Waals surface area contributed by atoms with Crippen molar-refractivity contribution in [1.29, 1.82) is 0 Å². The molecule has 1 aromatic heterocycles. The third-order valence-corrected chi connectivity index (χ3v) is 4.39. The maximum atomic E-state index is 12.0. The Morgan fingerprint density at radius 2 is 2.10 bits per heavy atom. The molecule has 0 unspecified atom stereocenters.